The second kappa shape index (κ2) is 32.2. The van der Waals surface area contributed by atoms with Crippen molar-refractivity contribution in [3.63, 3.8) is 0 Å². The minimum Gasteiger partial charge on any atom is -0.394 e. The van der Waals surface area contributed by atoms with Crippen LogP contribution in [0.4, 0.5) is 0 Å². The lowest BCUT2D eigenvalue weighted by Crippen LogP contribution is -2.65. The van der Waals surface area contributed by atoms with Gasteiger partial charge in [-0.15, -0.1) is 0 Å². The molecular formula is C53H90N10O14. The Morgan fingerprint density at radius 2 is 1.40 bits per heavy atom. The summed E-state index contributed by atoms with van der Waals surface area (Å²) in [5, 5.41) is 94.4. The molecule has 436 valence electrons. The number of hydrogen-bond acceptors (Lipinski definition) is 17. The topological polar surface area (TPSA) is 392 Å². The van der Waals surface area contributed by atoms with Crippen molar-refractivity contribution >= 4 is 41.4 Å². The molecule has 0 aliphatic carbocycles. The van der Waals surface area contributed by atoms with E-state index < -0.39 is 146 Å². The van der Waals surface area contributed by atoms with Crippen LogP contribution in [0.5, 0.6) is 0 Å². The number of fused-ring (bicyclic) bond motifs is 2. The summed E-state index contributed by atoms with van der Waals surface area (Å²) < 4.78 is 0. The van der Waals surface area contributed by atoms with Crippen LogP contribution in [0.25, 0.3) is 0 Å². The van der Waals surface area contributed by atoms with Gasteiger partial charge in [-0.3, -0.25) is 38.9 Å². The normalized spacial score (nSPS) is 28.2. The molecule has 1 unspecified atom stereocenters. The van der Waals surface area contributed by atoms with Crippen LogP contribution in [0.15, 0.2) is 24.3 Å². The molecule has 0 saturated carbocycles. The molecule has 3 saturated heterocycles. The van der Waals surface area contributed by atoms with Crippen LogP contribution in [0, 0.1) is 11.8 Å². The Labute approximate surface area is 452 Å². The lowest BCUT2D eigenvalue weighted by molar-refractivity contribution is -0.148. The standard InChI is InChI=1S/C53H90N10O14/c1-5-30(3)25-31(4)13-11-9-7-8-10-12-14-41(69)57-35-27-40(68)47(56-23-22-55)61-51(75)44-39(67)20-24-62(44)53(77)42(38(66)19-21-54)59-50(74)43(46(71)45(70)33-17-15-32(6-2)16-18-33)60-49(73)37-26-34(65)28-63(37)52(76)36(29-64)58-48(35)72/h15-18,30-31,34-40,42-47,56,64-68,70-71H,5-14,19-29,54-55H2,1-4H3,(H,57,69)(H,58,72)(H,59,74)(H,60,73)(H,61,75)/t30-,31+,34+,35?,36-,37-,38+,39-,40+,42-,43-,44-,45-,46-,47-/m0/s1. The summed E-state index contributed by atoms with van der Waals surface area (Å²) in [5.74, 6) is -5.99. The molecule has 1 aromatic carbocycles. The summed E-state index contributed by atoms with van der Waals surface area (Å²) in [4.78, 5) is 102. The zero-order valence-electron chi connectivity index (χ0n) is 45.4. The van der Waals surface area contributed by atoms with E-state index in [1.165, 1.54) is 18.6 Å². The van der Waals surface area contributed by atoms with Gasteiger partial charge in [-0.1, -0.05) is 96.9 Å². The predicted octanol–water partition coefficient (Wildman–Crippen LogP) is -2.84. The minimum atomic E-state index is -2.19. The van der Waals surface area contributed by atoms with Crippen LogP contribution in [-0.2, 0) is 40.0 Å². The first-order valence-corrected chi connectivity index (χ1v) is 27.7. The SMILES string of the molecule is CCc1ccc([C@H](O)[C@@H](O)[C@@H]2NC(=O)[C@@H]3C[C@@H](O)CN3C(=O)[C@H](CO)NC(=O)C(NC(=O)CCCCCCCC[C@@H](C)C[C@@H](C)CC)C[C@@H](O)[C@@H](NCCN)NC(=O)[C@@H]3[C@@H](O)CCN3C(=O)[C@H]([C@H](O)CCN)NC2=O)cc1. The van der Waals surface area contributed by atoms with E-state index in [9.17, 15) is 69.3 Å². The Kier molecular flexibility index (Phi) is 27.1. The summed E-state index contributed by atoms with van der Waals surface area (Å²) in [6.45, 7) is 6.53. The number of nitrogens with two attached hydrogens (primary N) is 2. The van der Waals surface area contributed by atoms with Crippen LogP contribution >= 0.6 is 0 Å². The van der Waals surface area contributed by atoms with E-state index in [1.54, 1.807) is 12.1 Å². The lowest BCUT2D eigenvalue weighted by Gasteiger charge is -2.35. The van der Waals surface area contributed by atoms with E-state index in [0.29, 0.717) is 24.7 Å². The summed E-state index contributed by atoms with van der Waals surface area (Å²) in [6.07, 6.45) is -4.11. The molecular weight excluding hydrogens is 1000 g/mol. The molecule has 7 amide bonds. The smallest absolute Gasteiger partial charge is 0.248 e. The largest absolute Gasteiger partial charge is 0.394 e. The third-order valence-corrected chi connectivity index (χ3v) is 15.1. The van der Waals surface area contributed by atoms with Gasteiger partial charge in [-0.05, 0) is 61.6 Å². The molecule has 24 nitrogen and oxygen atoms in total. The van der Waals surface area contributed by atoms with E-state index in [1.807, 2.05) is 6.92 Å². The first-order valence-electron chi connectivity index (χ1n) is 27.7. The van der Waals surface area contributed by atoms with Crippen LogP contribution in [0.1, 0.15) is 135 Å². The monoisotopic (exact) mass is 1090 g/mol. The highest BCUT2D eigenvalue weighted by atomic mass is 16.3. The Morgan fingerprint density at radius 3 is 2.04 bits per heavy atom. The highest BCUT2D eigenvalue weighted by Crippen LogP contribution is 2.26. The number of aliphatic hydroxyl groups is 7. The van der Waals surface area contributed by atoms with E-state index in [-0.39, 0.29) is 51.0 Å². The van der Waals surface area contributed by atoms with Crippen molar-refractivity contribution in [2.24, 2.45) is 23.3 Å². The average Bonchev–Trinajstić information content (AvgIpc) is 4.01. The molecule has 3 fully saturated rings. The minimum absolute atomic E-state index is 0.0121. The molecule has 0 spiro atoms. The molecule has 3 heterocycles. The van der Waals surface area contributed by atoms with E-state index in [0.717, 1.165) is 60.3 Å². The zero-order chi connectivity index (χ0) is 56.9. The Balaban J connectivity index is 1.71. The highest BCUT2D eigenvalue weighted by Gasteiger charge is 2.48. The van der Waals surface area contributed by atoms with Crippen LogP contribution in [-0.4, -0.2) is 199 Å². The van der Waals surface area contributed by atoms with Crippen LogP contribution < -0.4 is 43.4 Å². The maximum absolute atomic E-state index is 14.6. The fraction of sp³-hybridized carbons (Fsp3) is 0.755. The third kappa shape index (κ3) is 18.9. The van der Waals surface area contributed by atoms with Gasteiger partial charge in [0, 0.05) is 45.4 Å². The van der Waals surface area contributed by atoms with Crippen LogP contribution in [0.3, 0.4) is 0 Å². The first-order chi connectivity index (χ1) is 36.7. The van der Waals surface area contributed by atoms with Crippen molar-refractivity contribution in [1.29, 1.82) is 0 Å². The number of nitrogens with one attached hydrogen (secondary N) is 6. The molecule has 3 aliphatic heterocycles. The number of amides is 7. The van der Waals surface area contributed by atoms with Gasteiger partial charge in [-0.2, -0.15) is 0 Å². The molecule has 17 N–H and O–H groups in total. The molecule has 0 bridgehead atoms. The van der Waals surface area contributed by atoms with Gasteiger partial charge in [-0.25, -0.2) is 0 Å². The molecule has 4 rings (SSSR count). The van der Waals surface area contributed by atoms with Crippen molar-refractivity contribution in [1.82, 2.24) is 41.7 Å². The Bertz CT molecular complexity index is 2060. The quantitative estimate of drug-likeness (QED) is 0.0464. The number of nitrogens with zero attached hydrogens (tertiary/aromatic N) is 2. The van der Waals surface area contributed by atoms with Gasteiger partial charge >= 0.3 is 0 Å². The Morgan fingerprint density at radius 1 is 0.740 bits per heavy atom. The van der Waals surface area contributed by atoms with E-state index in [4.69, 9.17) is 11.5 Å². The molecule has 77 heavy (non-hydrogen) atoms. The highest BCUT2D eigenvalue weighted by molar-refractivity contribution is 5.98. The van der Waals surface area contributed by atoms with Gasteiger partial charge in [0.25, 0.3) is 0 Å². The van der Waals surface area contributed by atoms with Gasteiger partial charge in [0.05, 0.1) is 31.0 Å². The number of rotatable bonds is 24. The van der Waals surface area contributed by atoms with Gasteiger partial charge in [0.1, 0.15) is 54.6 Å². The maximum atomic E-state index is 14.6. The fourth-order valence-electron chi connectivity index (χ4n) is 10.4. The molecule has 24 heteroatoms. The lowest BCUT2D eigenvalue weighted by atomic mass is 9.91. The van der Waals surface area contributed by atoms with Crippen molar-refractivity contribution in [3.05, 3.63) is 35.4 Å². The molecule has 15 atom stereocenters. The summed E-state index contributed by atoms with van der Waals surface area (Å²) >= 11 is 0. The van der Waals surface area contributed by atoms with Gasteiger partial charge < -0.3 is 83.6 Å². The number of benzene rings is 1. The van der Waals surface area contributed by atoms with Gasteiger partial charge in [0.15, 0.2) is 0 Å². The van der Waals surface area contributed by atoms with Crippen molar-refractivity contribution in [3.8, 4) is 0 Å². The fourth-order valence-corrected chi connectivity index (χ4v) is 10.4. The number of aliphatic hydroxyl groups excluding tert-OH is 7. The number of carbonyl (C=O) groups excluding carboxylic acids is 7. The first kappa shape index (κ1) is 64.6. The summed E-state index contributed by atoms with van der Waals surface area (Å²) in [6, 6.07) is -4.59. The number of aryl methyl sites for hydroxylation is 1. The number of unbranched alkanes of at least 4 members (excludes halogenated alkanes) is 5. The molecule has 1 aromatic rings. The van der Waals surface area contributed by atoms with Crippen LogP contribution in [0.2, 0.25) is 0 Å². The molecule has 0 radical (unpaired) electrons. The predicted molar refractivity (Wildman–Crippen MR) is 283 cm³/mol. The number of carbonyl (C=O) groups is 7. The second-order valence-corrected chi connectivity index (χ2v) is 21.3. The van der Waals surface area contributed by atoms with E-state index in [2.05, 4.69) is 52.7 Å². The van der Waals surface area contributed by atoms with Gasteiger partial charge in [0.2, 0.25) is 41.4 Å². The molecule has 0 aromatic heterocycles. The average molecular weight is 1090 g/mol. The van der Waals surface area contributed by atoms with Crippen molar-refractivity contribution < 1.29 is 69.3 Å². The zero-order valence-corrected chi connectivity index (χ0v) is 45.4. The third-order valence-electron chi connectivity index (χ3n) is 15.1. The second-order valence-electron chi connectivity index (χ2n) is 21.3. The molecule has 3 aliphatic rings. The summed E-state index contributed by atoms with van der Waals surface area (Å²) in [5.41, 5.74) is 12.5. The Hall–Kier alpha value is -4.89. The number of hydrogen-bond donors (Lipinski definition) is 15. The summed E-state index contributed by atoms with van der Waals surface area (Å²) in [7, 11) is 0. The van der Waals surface area contributed by atoms with Crippen molar-refractivity contribution in [2.45, 2.75) is 203 Å². The van der Waals surface area contributed by atoms with E-state index >= 15 is 0 Å². The van der Waals surface area contributed by atoms with Crippen molar-refractivity contribution in [2.75, 3.05) is 39.3 Å². The maximum Gasteiger partial charge on any atom is 0.248 e.